The van der Waals surface area contributed by atoms with Crippen LogP contribution in [0, 0.1) is 5.92 Å². The van der Waals surface area contributed by atoms with E-state index in [0.29, 0.717) is 24.5 Å². The molecule has 6 heteroatoms. The van der Waals surface area contributed by atoms with Gasteiger partial charge in [0.2, 0.25) is 11.8 Å². The number of anilines is 1. The Hall–Kier alpha value is -3.02. The number of hydrogen-bond donors (Lipinski definition) is 1. The highest BCUT2D eigenvalue weighted by Crippen LogP contribution is 2.26. The number of likely N-dealkylation sites (tertiary alicyclic amines) is 1. The number of amides is 2. The quantitative estimate of drug-likeness (QED) is 0.866. The van der Waals surface area contributed by atoms with E-state index in [1.54, 1.807) is 31.3 Å². The van der Waals surface area contributed by atoms with Crippen molar-refractivity contribution in [2.24, 2.45) is 5.92 Å². The van der Waals surface area contributed by atoms with Crippen molar-refractivity contribution in [2.45, 2.75) is 13.0 Å². The Bertz CT molecular complexity index is 806. The average molecular weight is 354 g/mol. The monoisotopic (exact) mass is 354 g/mol. The molecule has 0 bridgehead atoms. The van der Waals surface area contributed by atoms with Crippen molar-refractivity contribution in [3.8, 4) is 11.5 Å². The van der Waals surface area contributed by atoms with Gasteiger partial charge in [0.25, 0.3) is 0 Å². The van der Waals surface area contributed by atoms with Gasteiger partial charge in [-0.3, -0.25) is 9.59 Å². The van der Waals surface area contributed by atoms with E-state index in [1.807, 2.05) is 36.4 Å². The van der Waals surface area contributed by atoms with Gasteiger partial charge in [-0.1, -0.05) is 24.3 Å². The van der Waals surface area contributed by atoms with Crippen LogP contribution in [0.25, 0.3) is 0 Å². The normalized spacial score (nSPS) is 16.5. The Morgan fingerprint density at radius 3 is 2.73 bits per heavy atom. The molecule has 2 amide bonds. The summed E-state index contributed by atoms with van der Waals surface area (Å²) in [6.07, 6.45) is 0.213. The highest BCUT2D eigenvalue weighted by Gasteiger charge is 2.34. The summed E-state index contributed by atoms with van der Waals surface area (Å²) in [5, 5.41) is 2.86. The molecule has 1 unspecified atom stereocenters. The highest BCUT2D eigenvalue weighted by atomic mass is 16.5. The molecule has 0 spiro atoms. The number of rotatable bonds is 6. The van der Waals surface area contributed by atoms with Crippen LogP contribution in [0.3, 0.4) is 0 Å². The van der Waals surface area contributed by atoms with Crippen LogP contribution in [0.15, 0.2) is 48.5 Å². The summed E-state index contributed by atoms with van der Waals surface area (Å²) in [6.45, 7) is 0.832. The van der Waals surface area contributed by atoms with Gasteiger partial charge in [-0.25, -0.2) is 0 Å². The predicted octanol–water partition coefficient (Wildman–Crippen LogP) is 2.69. The molecule has 3 rings (SSSR count). The molecule has 1 atom stereocenters. The molecule has 1 aliphatic rings. The van der Waals surface area contributed by atoms with E-state index in [-0.39, 0.29) is 24.2 Å². The Labute approximate surface area is 152 Å². The van der Waals surface area contributed by atoms with E-state index in [0.717, 1.165) is 11.3 Å². The van der Waals surface area contributed by atoms with Gasteiger partial charge >= 0.3 is 0 Å². The van der Waals surface area contributed by atoms with Crippen molar-refractivity contribution in [3.05, 3.63) is 54.1 Å². The Kier molecular flexibility index (Phi) is 5.41. The Balaban J connectivity index is 1.64. The van der Waals surface area contributed by atoms with E-state index < -0.39 is 0 Å². The smallest absolute Gasteiger partial charge is 0.229 e. The first kappa shape index (κ1) is 17.8. The molecule has 2 aromatic rings. The van der Waals surface area contributed by atoms with E-state index in [4.69, 9.17) is 9.47 Å². The second-order valence-electron chi connectivity index (χ2n) is 6.21. The Morgan fingerprint density at radius 2 is 1.96 bits per heavy atom. The minimum absolute atomic E-state index is 0.0262. The number of methoxy groups -OCH3 is 2. The fourth-order valence-corrected chi connectivity index (χ4v) is 3.08. The molecule has 0 aromatic heterocycles. The van der Waals surface area contributed by atoms with Gasteiger partial charge in [0, 0.05) is 36.8 Å². The SMILES string of the molecule is COc1cccc(NC(=O)C2CC(=O)N(Cc3ccccc3OC)C2)c1. The van der Waals surface area contributed by atoms with Crippen LogP contribution < -0.4 is 14.8 Å². The lowest BCUT2D eigenvalue weighted by Gasteiger charge is -2.18. The van der Waals surface area contributed by atoms with Crippen molar-refractivity contribution in [1.82, 2.24) is 4.90 Å². The molecular formula is C20H22N2O4. The maximum Gasteiger partial charge on any atom is 0.229 e. The summed E-state index contributed by atoms with van der Waals surface area (Å²) in [5.41, 5.74) is 1.59. The van der Waals surface area contributed by atoms with E-state index in [9.17, 15) is 9.59 Å². The second kappa shape index (κ2) is 7.91. The average Bonchev–Trinajstić information content (AvgIpc) is 3.03. The van der Waals surface area contributed by atoms with Gasteiger partial charge in [0.05, 0.1) is 20.1 Å². The van der Waals surface area contributed by atoms with Gasteiger partial charge in [-0.2, -0.15) is 0 Å². The molecule has 6 nitrogen and oxygen atoms in total. The molecule has 1 aliphatic heterocycles. The molecular weight excluding hydrogens is 332 g/mol. The van der Waals surface area contributed by atoms with E-state index in [1.165, 1.54) is 0 Å². The largest absolute Gasteiger partial charge is 0.497 e. The van der Waals surface area contributed by atoms with Gasteiger partial charge in [-0.15, -0.1) is 0 Å². The fraction of sp³-hybridized carbons (Fsp3) is 0.300. The highest BCUT2D eigenvalue weighted by molar-refractivity contribution is 5.97. The molecule has 26 heavy (non-hydrogen) atoms. The number of carbonyl (C=O) groups excluding carboxylic acids is 2. The summed E-state index contributed by atoms with van der Waals surface area (Å²) in [6, 6.07) is 14.7. The van der Waals surface area contributed by atoms with E-state index in [2.05, 4.69) is 5.32 Å². The molecule has 136 valence electrons. The van der Waals surface area contributed by atoms with Crippen molar-refractivity contribution < 1.29 is 19.1 Å². The van der Waals surface area contributed by atoms with Gasteiger partial charge in [0.1, 0.15) is 11.5 Å². The van der Waals surface area contributed by atoms with Crippen LogP contribution in [0.1, 0.15) is 12.0 Å². The number of para-hydroxylation sites is 1. The molecule has 0 aliphatic carbocycles. The number of nitrogens with zero attached hydrogens (tertiary/aromatic N) is 1. The van der Waals surface area contributed by atoms with Crippen molar-refractivity contribution in [3.63, 3.8) is 0 Å². The third-order valence-corrected chi connectivity index (χ3v) is 4.48. The number of carbonyl (C=O) groups is 2. The molecule has 0 radical (unpaired) electrons. The van der Waals surface area contributed by atoms with Crippen LogP contribution in [-0.4, -0.2) is 37.5 Å². The standard InChI is InChI=1S/C20H22N2O4/c1-25-17-8-5-7-16(11-17)21-20(24)15-10-19(23)22(13-15)12-14-6-3-4-9-18(14)26-2/h3-9,11,15H,10,12-13H2,1-2H3,(H,21,24). The van der Waals surface area contributed by atoms with Crippen LogP contribution in [-0.2, 0) is 16.1 Å². The second-order valence-corrected chi connectivity index (χ2v) is 6.21. The van der Waals surface area contributed by atoms with Crippen molar-refractivity contribution >= 4 is 17.5 Å². The summed E-state index contributed by atoms with van der Waals surface area (Å²) >= 11 is 0. The first-order valence-electron chi connectivity index (χ1n) is 8.45. The van der Waals surface area contributed by atoms with Crippen molar-refractivity contribution in [1.29, 1.82) is 0 Å². The number of nitrogens with one attached hydrogen (secondary N) is 1. The molecule has 2 aromatic carbocycles. The Morgan fingerprint density at radius 1 is 1.15 bits per heavy atom. The van der Waals surface area contributed by atoms with Crippen LogP contribution in [0.2, 0.25) is 0 Å². The zero-order valence-electron chi connectivity index (χ0n) is 14.9. The third-order valence-electron chi connectivity index (χ3n) is 4.48. The molecule has 1 saturated heterocycles. The van der Waals surface area contributed by atoms with Crippen molar-refractivity contribution in [2.75, 3.05) is 26.1 Å². The first-order valence-corrected chi connectivity index (χ1v) is 8.45. The number of benzene rings is 2. The lowest BCUT2D eigenvalue weighted by atomic mass is 10.1. The minimum Gasteiger partial charge on any atom is -0.497 e. The van der Waals surface area contributed by atoms with Gasteiger partial charge in [-0.05, 0) is 18.2 Å². The van der Waals surface area contributed by atoms with Gasteiger partial charge in [0.15, 0.2) is 0 Å². The topological polar surface area (TPSA) is 67.9 Å². The van der Waals surface area contributed by atoms with Gasteiger partial charge < -0.3 is 19.7 Å². The maximum atomic E-state index is 12.5. The summed E-state index contributed by atoms with van der Waals surface area (Å²) in [7, 11) is 3.18. The number of hydrogen-bond acceptors (Lipinski definition) is 4. The third kappa shape index (κ3) is 3.96. The molecule has 1 heterocycles. The minimum atomic E-state index is -0.372. The zero-order valence-corrected chi connectivity index (χ0v) is 14.9. The van der Waals surface area contributed by atoms with Crippen LogP contribution in [0.5, 0.6) is 11.5 Å². The first-order chi connectivity index (χ1) is 12.6. The fourth-order valence-electron chi connectivity index (χ4n) is 3.08. The summed E-state index contributed by atoms with van der Waals surface area (Å²) in [5.74, 6) is 0.854. The van der Waals surface area contributed by atoms with Crippen LogP contribution in [0.4, 0.5) is 5.69 Å². The molecule has 1 fully saturated rings. The molecule has 0 saturated carbocycles. The lowest BCUT2D eigenvalue weighted by Crippen LogP contribution is -2.28. The summed E-state index contributed by atoms with van der Waals surface area (Å²) < 4.78 is 10.5. The summed E-state index contributed by atoms with van der Waals surface area (Å²) in [4.78, 5) is 26.6. The zero-order chi connectivity index (χ0) is 18.5. The lowest BCUT2D eigenvalue weighted by molar-refractivity contribution is -0.128. The van der Waals surface area contributed by atoms with E-state index >= 15 is 0 Å². The maximum absolute atomic E-state index is 12.5. The predicted molar refractivity (Wildman–Crippen MR) is 98.1 cm³/mol. The van der Waals surface area contributed by atoms with Crippen LogP contribution >= 0.6 is 0 Å². The number of ether oxygens (including phenoxy) is 2. The molecule has 1 N–H and O–H groups in total.